The summed E-state index contributed by atoms with van der Waals surface area (Å²) in [6.45, 7) is 3.43. The van der Waals surface area contributed by atoms with Gasteiger partial charge in [0.15, 0.2) is 6.29 Å². The summed E-state index contributed by atoms with van der Waals surface area (Å²) in [7, 11) is 0. The van der Waals surface area contributed by atoms with Gasteiger partial charge in [0.25, 0.3) is 0 Å². The molecule has 2 atom stereocenters. The topological polar surface area (TPSA) is 76.1 Å². The average Bonchev–Trinajstić information content (AvgIpc) is 2.63. The van der Waals surface area contributed by atoms with Crippen molar-refractivity contribution >= 4 is 12.4 Å². The van der Waals surface area contributed by atoms with E-state index in [1.165, 1.54) is 24.3 Å². The van der Waals surface area contributed by atoms with Crippen molar-refractivity contribution in [1.29, 1.82) is 0 Å². The SMILES string of the molecule is CC1(C)O[C@@H](C=O)[C@H](CC2CCCCC2)N1OC(=O)O. The van der Waals surface area contributed by atoms with Crippen molar-refractivity contribution in [2.24, 2.45) is 5.92 Å². The van der Waals surface area contributed by atoms with Crippen LogP contribution >= 0.6 is 0 Å². The molecule has 114 valence electrons. The fourth-order valence-corrected chi connectivity index (χ4v) is 3.37. The van der Waals surface area contributed by atoms with Gasteiger partial charge in [-0.2, -0.15) is 0 Å². The molecule has 0 aromatic carbocycles. The molecular formula is C14H23NO5. The highest BCUT2D eigenvalue weighted by Crippen LogP contribution is 2.37. The molecule has 0 aromatic rings. The minimum absolute atomic E-state index is 0.332. The summed E-state index contributed by atoms with van der Waals surface area (Å²) in [5.41, 5.74) is -0.913. The molecule has 1 saturated carbocycles. The molecule has 2 rings (SSSR count). The number of nitrogens with zero attached hydrogens (tertiary/aromatic N) is 1. The molecule has 2 fully saturated rings. The third-order valence-electron chi connectivity index (χ3n) is 4.25. The van der Waals surface area contributed by atoms with Crippen LogP contribution < -0.4 is 0 Å². The molecule has 6 heteroatoms. The minimum atomic E-state index is -1.37. The van der Waals surface area contributed by atoms with Gasteiger partial charge < -0.3 is 19.5 Å². The first-order chi connectivity index (χ1) is 9.44. The predicted molar refractivity (Wildman–Crippen MR) is 70.9 cm³/mol. The highest BCUT2D eigenvalue weighted by Gasteiger charge is 2.50. The van der Waals surface area contributed by atoms with E-state index in [0.29, 0.717) is 5.92 Å². The largest absolute Gasteiger partial charge is 0.525 e. The zero-order valence-corrected chi connectivity index (χ0v) is 12.1. The van der Waals surface area contributed by atoms with E-state index in [0.717, 1.165) is 25.5 Å². The lowest BCUT2D eigenvalue weighted by molar-refractivity contribution is -0.228. The molecule has 0 radical (unpaired) electrons. The van der Waals surface area contributed by atoms with Crippen LogP contribution in [-0.4, -0.2) is 40.5 Å². The van der Waals surface area contributed by atoms with Gasteiger partial charge in [-0.25, -0.2) is 4.79 Å². The van der Waals surface area contributed by atoms with Gasteiger partial charge in [-0.15, -0.1) is 0 Å². The summed E-state index contributed by atoms with van der Waals surface area (Å²) in [4.78, 5) is 27.0. The Morgan fingerprint density at radius 3 is 2.60 bits per heavy atom. The van der Waals surface area contributed by atoms with Crippen LogP contribution in [0.3, 0.4) is 0 Å². The van der Waals surface area contributed by atoms with Crippen LogP contribution in [0.15, 0.2) is 0 Å². The molecule has 0 amide bonds. The number of hydroxylamine groups is 2. The van der Waals surface area contributed by atoms with Crippen molar-refractivity contribution < 1.29 is 24.3 Å². The van der Waals surface area contributed by atoms with Gasteiger partial charge in [0.2, 0.25) is 0 Å². The third-order valence-corrected chi connectivity index (χ3v) is 4.25. The smallest absolute Gasteiger partial charge is 0.448 e. The summed E-state index contributed by atoms with van der Waals surface area (Å²) in [6.07, 6.45) is 5.40. The first-order valence-corrected chi connectivity index (χ1v) is 7.27. The number of carbonyl (C=O) groups excluding carboxylic acids is 1. The van der Waals surface area contributed by atoms with E-state index in [-0.39, 0.29) is 6.04 Å². The van der Waals surface area contributed by atoms with Gasteiger partial charge >= 0.3 is 6.16 Å². The second-order valence-electron chi connectivity index (χ2n) is 6.16. The predicted octanol–water partition coefficient (Wildman–Crippen LogP) is 2.57. The Morgan fingerprint density at radius 2 is 2.05 bits per heavy atom. The molecule has 1 aliphatic heterocycles. The van der Waals surface area contributed by atoms with Crippen LogP contribution in [0.1, 0.15) is 52.4 Å². The van der Waals surface area contributed by atoms with Gasteiger partial charge in [0.1, 0.15) is 11.8 Å². The van der Waals surface area contributed by atoms with Crippen molar-refractivity contribution in [3.05, 3.63) is 0 Å². The van der Waals surface area contributed by atoms with Crippen molar-refractivity contribution in [1.82, 2.24) is 5.06 Å². The van der Waals surface area contributed by atoms with Crippen LogP contribution in [0.25, 0.3) is 0 Å². The molecule has 1 heterocycles. The maximum atomic E-state index is 11.2. The van der Waals surface area contributed by atoms with Gasteiger partial charge in [-0.05, 0) is 26.2 Å². The average molecular weight is 285 g/mol. The molecular weight excluding hydrogens is 262 g/mol. The van der Waals surface area contributed by atoms with Crippen molar-refractivity contribution in [3.8, 4) is 0 Å². The quantitative estimate of drug-likeness (QED) is 0.800. The Balaban J connectivity index is 2.10. The van der Waals surface area contributed by atoms with Gasteiger partial charge in [0, 0.05) is 0 Å². The Hall–Kier alpha value is -1.14. The molecule has 1 aliphatic carbocycles. The van der Waals surface area contributed by atoms with E-state index in [4.69, 9.17) is 14.7 Å². The minimum Gasteiger partial charge on any atom is -0.448 e. The second-order valence-corrected chi connectivity index (χ2v) is 6.16. The number of aldehydes is 1. The molecule has 20 heavy (non-hydrogen) atoms. The molecule has 0 unspecified atom stereocenters. The van der Waals surface area contributed by atoms with Crippen LogP contribution in [0.4, 0.5) is 4.79 Å². The van der Waals surface area contributed by atoms with E-state index < -0.39 is 18.0 Å². The standard InChI is InChI=1S/C14H23NO5/c1-14(2)15(20-13(17)18)11(12(9-16)19-14)8-10-6-4-3-5-7-10/h9-12H,3-8H2,1-2H3,(H,17,18)/t11-,12-/m0/s1. The van der Waals surface area contributed by atoms with Crippen LogP contribution in [-0.2, 0) is 14.4 Å². The Morgan fingerprint density at radius 1 is 1.40 bits per heavy atom. The fraction of sp³-hybridized carbons (Fsp3) is 0.857. The summed E-state index contributed by atoms with van der Waals surface area (Å²) in [5.74, 6) is 0.508. The van der Waals surface area contributed by atoms with Gasteiger partial charge in [-0.1, -0.05) is 37.2 Å². The number of hydrogen-bond acceptors (Lipinski definition) is 5. The van der Waals surface area contributed by atoms with E-state index in [1.54, 1.807) is 13.8 Å². The Labute approximate surface area is 119 Å². The first kappa shape index (κ1) is 15.3. The second kappa shape index (κ2) is 6.10. The molecule has 0 aromatic heterocycles. The van der Waals surface area contributed by atoms with Crippen LogP contribution in [0, 0.1) is 5.92 Å². The van der Waals surface area contributed by atoms with Gasteiger partial charge in [-0.3, -0.25) is 0 Å². The van der Waals surface area contributed by atoms with E-state index in [2.05, 4.69) is 0 Å². The zero-order valence-electron chi connectivity index (χ0n) is 12.1. The maximum Gasteiger partial charge on any atom is 0.525 e. The molecule has 1 N–H and O–H groups in total. The number of carbonyl (C=O) groups is 2. The third kappa shape index (κ3) is 3.30. The molecule has 0 bridgehead atoms. The number of ether oxygens (including phenoxy) is 1. The zero-order chi connectivity index (χ0) is 14.8. The summed E-state index contributed by atoms with van der Waals surface area (Å²) < 4.78 is 5.64. The molecule has 2 aliphatic rings. The molecule has 6 nitrogen and oxygen atoms in total. The van der Waals surface area contributed by atoms with E-state index in [9.17, 15) is 9.59 Å². The Kier molecular flexibility index (Phi) is 4.65. The highest BCUT2D eigenvalue weighted by atomic mass is 16.8. The summed E-state index contributed by atoms with van der Waals surface area (Å²) in [6, 6.07) is -0.332. The fourth-order valence-electron chi connectivity index (χ4n) is 3.37. The lowest BCUT2D eigenvalue weighted by Crippen LogP contribution is -2.46. The maximum absolute atomic E-state index is 11.2. The number of carboxylic acid groups (broad SMARTS) is 1. The number of hydrogen-bond donors (Lipinski definition) is 1. The first-order valence-electron chi connectivity index (χ1n) is 7.27. The van der Waals surface area contributed by atoms with E-state index >= 15 is 0 Å². The van der Waals surface area contributed by atoms with Crippen molar-refractivity contribution in [2.45, 2.75) is 70.2 Å². The van der Waals surface area contributed by atoms with Crippen molar-refractivity contribution in [3.63, 3.8) is 0 Å². The monoisotopic (exact) mass is 285 g/mol. The van der Waals surface area contributed by atoms with E-state index in [1.807, 2.05) is 0 Å². The molecule has 1 saturated heterocycles. The summed E-state index contributed by atoms with van der Waals surface area (Å²) >= 11 is 0. The summed E-state index contributed by atoms with van der Waals surface area (Å²) in [5, 5.41) is 10.2. The molecule has 0 spiro atoms. The van der Waals surface area contributed by atoms with Crippen molar-refractivity contribution in [2.75, 3.05) is 0 Å². The lowest BCUT2D eigenvalue weighted by Gasteiger charge is -2.32. The number of rotatable bonds is 4. The normalized spacial score (nSPS) is 31.1. The van der Waals surface area contributed by atoms with Gasteiger partial charge in [0.05, 0.1) is 6.04 Å². The van der Waals surface area contributed by atoms with Crippen LogP contribution in [0.2, 0.25) is 0 Å². The highest BCUT2D eigenvalue weighted by molar-refractivity contribution is 5.59. The van der Waals surface area contributed by atoms with Crippen LogP contribution in [0.5, 0.6) is 0 Å². The Bertz CT molecular complexity index is 365. The lowest BCUT2D eigenvalue weighted by atomic mass is 9.84.